The van der Waals surface area contributed by atoms with Crippen LogP contribution in [-0.4, -0.2) is 76.3 Å². The Morgan fingerprint density at radius 1 is 1.00 bits per heavy atom. The van der Waals surface area contributed by atoms with Crippen molar-refractivity contribution in [1.82, 2.24) is 16.0 Å². The number of nitrogens with one attached hydrogen (secondary N) is 3. The van der Waals surface area contributed by atoms with Gasteiger partial charge in [-0.3, -0.25) is 19.2 Å². The lowest BCUT2D eigenvalue weighted by Gasteiger charge is -2.26. The Labute approximate surface area is 179 Å². The van der Waals surface area contributed by atoms with Gasteiger partial charge in [0.1, 0.15) is 24.2 Å². The van der Waals surface area contributed by atoms with Crippen molar-refractivity contribution < 1.29 is 34.2 Å². The Balaban J connectivity index is 5.37. The van der Waals surface area contributed by atoms with Crippen molar-refractivity contribution in [3.8, 4) is 0 Å². The van der Waals surface area contributed by atoms with E-state index in [1.165, 1.54) is 0 Å². The van der Waals surface area contributed by atoms with Crippen LogP contribution in [0.2, 0.25) is 0 Å². The minimum Gasteiger partial charge on any atom is -0.480 e. The Bertz CT molecular complexity index is 634. The molecule has 0 aromatic rings. The maximum Gasteiger partial charge on any atom is 0.326 e. The van der Waals surface area contributed by atoms with Gasteiger partial charge in [-0.15, -0.1) is 0 Å². The maximum absolute atomic E-state index is 12.6. The number of carbonyl (C=O) groups is 5. The van der Waals surface area contributed by atoms with Crippen LogP contribution < -0.4 is 27.4 Å². The number of carboxylic acids is 1. The number of carbonyl (C=O) groups excluding carboxylic acids is 4. The molecule has 0 radical (unpaired) electrons. The fourth-order valence-corrected chi connectivity index (χ4v) is 2.58. The number of aliphatic carboxylic acids is 1. The van der Waals surface area contributed by atoms with Crippen molar-refractivity contribution >= 4 is 42.2 Å². The molecule has 0 fully saturated rings. The van der Waals surface area contributed by atoms with Crippen LogP contribution in [0.3, 0.4) is 0 Å². The number of hydrogen-bond acceptors (Lipinski definition) is 8. The van der Waals surface area contributed by atoms with Gasteiger partial charge in [0.2, 0.25) is 23.6 Å². The highest BCUT2D eigenvalue weighted by Gasteiger charge is 2.31. The van der Waals surface area contributed by atoms with Crippen LogP contribution in [0.5, 0.6) is 0 Å². The zero-order valence-electron chi connectivity index (χ0n) is 17.0. The van der Waals surface area contributed by atoms with Gasteiger partial charge in [-0.2, -0.15) is 12.6 Å². The maximum atomic E-state index is 12.6. The van der Waals surface area contributed by atoms with Gasteiger partial charge >= 0.3 is 5.97 Å². The quantitative estimate of drug-likeness (QED) is 0.128. The number of nitrogens with two attached hydrogens (primary N) is 2. The summed E-state index contributed by atoms with van der Waals surface area (Å²) in [4.78, 5) is 59.5. The summed E-state index contributed by atoms with van der Waals surface area (Å²) in [5.74, 6) is -4.90. The summed E-state index contributed by atoms with van der Waals surface area (Å²) in [7, 11) is 0. The highest BCUT2D eigenvalue weighted by atomic mass is 32.1. The molecule has 5 unspecified atom stereocenters. The van der Waals surface area contributed by atoms with Crippen molar-refractivity contribution in [1.29, 1.82) is 0 Å². The van der Waals surface area contributed by atoms with Gasteiger partial charge in [0.25, 0.3) is 0 Å². The average Bonchev–Trinajstić information content (AvgIpc) is 2.70. The summed E-state index contributed by atoms with van der Waals surface area (Å²) in [6.45, 7) is 2.77. The summed E-state index contributed by atoms with van der Waals surface area (Å²) in [5.41, 5.74) is 10.5. The van der Waals surface area contributed by atoms with E-state index >= 15 is 0 Å². The van der Waals surface area contributed by atoms with Crippen LogP contribution in [0.15, 0.2) is 0 Å². The van der Waals surface area contributed by atoms with E-state index in [4.69, 9.17) is 16.6 Å². The second-order valence-corrected chi connectivity index (χ2v) is 7.17. The van der Waals surface area contributed by atoms with E-state index in [-0.39, 0.29) is 24.5 Å². The second kappa shape index (κ2) is 13.8. The molecule has 0 aromatic heterocycles. The molecule has 172 valence electrons. The third kappa shape index (κ3) is 9.41. The van der Waals surface area contributed by atoms with E-state index in [1.54, 1.807) is 13.8 Å². The topological polar surface area (TPSA) is 214 Å². The minimum atomic E-state index is -1.28. The molecule has 12 nitrogen and oxygen atoms in total. The molecule has 0 bridgehead atoms. The van der Waals surface area contributed by atoms with E-state index in [1.807, 2.05) is 0 Å². The number of aliphatic hydroxyl groups excluding tert-OH is 1. The highest BCUT2D eigenvalue weighted by molar-refractivity contribution is 7.80. The molecule has 0 spiro atoms. The van der Waals surface area contributed by atoms with Gasteiger partial charge in [-0.25, -0.2) is 4.79 Å². The standard InChI is InChI=1S/C17H31N5O7S/c1-3-8(2)13(17(28)29)22-15(26)10(4-5-12(19)24)20-16(27)11(7-30)21-14(25)9(18)6-23/h8-11,13,23,30H,3-7,18H2,1-2H3,(H2,19,24)(H,20,27)(H,21,25)(H,22,26)(H,28,29). The monoisotopic (exact) mass is 449 g/mol. The van der Waals surface area contributed by atoms with Gasteiger partial charge in [-0.1, -0.05) is 20.3 Å². The lowest BCUT2D eigenvalue weighted by Crippen LogP contribution is -2.58. The van der Waals surface area contributed by atoms with Gasteiger partial charge < -0.3 is 37.6 Å². The predicted molar refractivity (Wildman–Crippen MR) is 110 cm³/mol. The van der Waals surface area contributed by atoms with Crippen molar-refractivity contribution in [3.63, 3.8) is 0 Å². The summed E-state index contributed by atoms with van der Waals surface area (Å²) < 4.78 is 0. The molecule has 0 aromatic carbocycles. The molecule has 9 N–H and O–H groups in total. The van der Waals surface area contributed by atoms with E-state index in [2.05, 4.69) is 28.6 Å². The Kier molecular flexibility index (Phi) is 12.7. The van der Waals surface area contributed by atoms with Crippen molar-refractivity contribution in [2.75, 3.05) is 12.4 Å². The molecule has 0 saturated heterocycles. The number of aliphatic hydroxyl groups is 1. The molecule has 0 rings (SSSR count). The lowest BCUT2D eigenvalue weighted by molar-refractivity contribution is -0.144. The SMILES string of the molecule is CCC(C)C(NC(=O)C(CCC(N)=O)NC(=O)C(CS)NC(=O)C(N)CO)C(=O)O. The molecule has 0 aliphatic carbocycles. The summed E-state index contributed by atoms with van der Waals surface area (Å²) in [6.07, 6.45) is 0.0598. The number of carboxylic acid groups (broad SMARTS) is 1. The molecule has 0 aliphatic heterocycles. The third-order valence-electron chi connectivity index (χ3n) is 4.44. The molecular formula is C17H31N5O7S. The summed E-state index contributed by atoms with van der Waals surface area (Å²) in [6, 6.07) is -4.91. The first-order valence-electron chi connectivity index (χ1n) is 9.37. The molecule has 0 heterocycles. The van der Waals surface area contributed by atoms with Crippen LogP contribution in [-0.2, 0) is 24.0 Å². The van der Waals surface area contributed by atoms with E-state index in [0.717, 1.165) is 0 Å². The van der Waals surface area contributed by atoms with Crippen molar-refractivity contribution in [3.05, 3.63) is 0 Å². The molecular weight excluding hydrogens is 418 g/mol. The van der Waals surface area contributed by atoms with E-state index in [9.17, 15) is 29.1 Å². The number of thiol groups is 1. The first-order valence-corrected chi connectivity index (χ1v) is 10.0. The molecule has 30 heavy (non-hydrogen) atoms. The van der Waals surface area contributed by atoms with Crippen LogP contribution >= 0.6 is 12.6 Å². The predicted octanol–water partition coefficient (Wildman–Crippen LogP) is -2.91. The van der Waals surface area contributed by atoms with Gasteiger partial charge in [0, 0.05) is 12.2 Å². The van der Waals surface area contributed by atoms with Crippen LogP contribution in [0.25, 0.3) is 0 Å². The lowest BCUT2D eigenvalue weighted by atomic mass is 9.98. The molecule has 13 heteroatoms. The Morgan fingerprint density at radius 2 is 1.53 bits per heavy atom. The van der Waals surface area contributed by atoms with Crippen LogP contribution in [0.4, 0.5) is 0 Å². The fourth-order valence-electron chi connectivity index (χ4n) is 2.32. The van der Waals surface area contributed by atoms with E-state index < -0.39 is 60.4 Å². The van der Waals surface area contributed by atoms with Gasteiger partial charge in [0.05, 0.1) is 6.61 Å². The smallest absolute Gasteiger partial charge is 0.326 e. The average molecular weight is 450 g/mol. The van der Waals surface area contributed by atoms with Crippen LogP contribution in [0.1, 0.15) is 33.1 Å². The number of primary amides is 1. The number of amides is 4. The molecule has 5 atom stereocenters. The molecule has 4 amide bonds. The van der Waals surface area contributed by atoms with Gasteiger partial charge in [0.15, 0.2) is 0 Å². The second-order valence-electron chi connectivity index (χ2n) is 6.81. The third-order valence-corrected chi connectivity index (χ3v) is 4.80. The van der Waals surface area contributed by atoms with Crippen molar-refractivity contribution in [2.24, 2.45) is 17.4 Å². The Hall–Kier alpha value is -2.38. The first kappa shape index (κ1) is 27.6. The van der Waals surface area contributed by atoms with Crippen molar-refractivity contribution in [2.45, 2.75) is 57.3 Å². The van der Waals surface area contributed by atoms with Gasteiger partial charge in [-0.05, 0) is 12.3 Å². The zero-order valence-corrected chi connectivity index (χ0v) is 17.9. The van der Waals surface area contributed by atoms with Crippen LogP contribution in [0, 0.1) is 5.92 Å². The molecule has 0 aliphatic rings. The number of hydrogen-bond donors (Lipinski definition) is 8. The summed E-state index contributed by atoms with van der Waals surface area (Å²) >= 11 is 3.98. The number of rotatable bonds is 14. The first-order chi connectivity index (χ1) is 14.0. The van der Waals surface area contributed by atoms with E-state index in [0.29, 0.717) is 6.42 Å². The largest absolute Gasteiger partial charge is 0.480 e. The zero-order chi connectivity index (χ0) is 23.4. The minimum absolute atomic E-state index is 0.148. The Morgan fingerprint density at radius 3 is 1.97 bits per heavy atom. The molecule has 0 saturated carbocycles. The normalized spacial score (nSPS) is 15.8. The highest BCUT2D eigenvalue weighted by Crippen LogP contribution is 2.09. The fraction of sp³-hybridized carbons (Fsp3) is 0.706. The summed E-state index contributed by atoms with van der Waals surface area (Å²) in [5, 5.41) is 25.3.